The van der Waals surface area contributed by atoms with Gasteiger partial charge in [0.15, 0.2) is 0 Å². The van der Waals surface area contributed by atoms with Crippen molar-refractivity contribution in [2.75, 3.05) is 19.7 Å². The molecule has 1 aliphatic rings. The number of hydrogen-bond acceptors (Lipinski definition) is 4. The molecule has 0 unspecified atom stereocenters. The molecule has 1 N–H and O–H groups in total. The first-order valence-electron chi connectivity index (χ1n) is 7.09. The molecule has 0 bridgehead atoms. The first kappa shape index (κ1) is 15.6. The summed E-state index contributed by atoms with van der Waals surface area (Å²) in [6.07, 6.45) is 1.24. The first-order chi connectivity index (χ1) is 9.90. The van der Waals surface area contributed by atoms with Gasteiger partial charge in [-0.1, -0.05) is 0 Å². The van der Waals surface area contributed by atoms with Gasteiger partial charge < -0.3 is 19.2 Å². The van der Waals surface area contributed by atoms with Crippen molar-refractivity contribution in [3.05, 3.63) is 22.6 Å². The lowest BCUT2D eigenvalue weighted by Crippen LogP contribution is -2.41. The standard InChI is InChI=1S/C15H21NO5/c1-9-10(2)21-11(3)14(9)15(19)16-6-4-12(5-7-16)20-8-13(17)18/h12H,4-8H2,1-3H3,(H,17,18). The maximum absolute atomic E-state index is 12.6. The molecule has 0 aromatic carbocycles. The van der Waals surface area contributed by atoms with Gasteiger partial charge in [0.1, 0.15) is 18.1 Å². The van der Waals surface area contributed by atoms with Crippen molar-refractivity contribution in [1.29, 1.82) is 0 Å². The Morgan fingerprint density at radius 2 is 1.86 bits per heavy atom. The molecule has 2 rings (SSSR count). The molecular weight excluding hydrogens is 274 g/mol. The third-order valence-corrected chi connectivity index (χ3v) is 3.95. The Morgan fingerprint density at radius 3 is 2.33 bits per heavy atom. The Hall–Kier alpha value is -1.82. The molecular formula is C15H21NO5. The van der Waals surface area contributed by atoms with Crippen molar-refractivity contribution >= 4 is 11.9 Å². The van der Waals surface area contributed by atoms with Crippen LogP contribution in [0.15, 0.2) is 4.42 Å². The smallest absolute Gasteiger partial charge is 0.329 e. The number of carboxylic acid groups (broad SMARTS) is 1. The molecule has 0 aliphatic carbocycles. The number of ether oxygens (including phenoxy) is 1. The average Bonchev–Trinajstić information content (AvgIpc) is 2.70. The zero-order valence-corrected chi connectivity index (χ0v) is 12.6. The van der Waals surface area contributed by atoms with Crippen molar-refractivity contribution in [2.24, 2.45) is 0 Å². The fourth-order valence-electron chi connectivity index (χ4n) is 2.68. The van der Waals surface area contributed by atoms with E-state index in [0.717, 1.165) is 11.3 Å². The Kier molecular flexibility index (Phi) is 4.67. The molecule has 0 radical (unpaired) electrons. The lowest BCUT2D eigenvalue weighted by atomic mass is 10.0. The van der Waals surface area contributed by atoms with Gasteiger partial charge in [-0.2, -0.15) is 0 Å². The maximum atomic E-state index is 12.6. The zero-order valence-electron chi connectivity index (χ0n) is 12.6. The van der Waals surface area contributed by atoms with Crippen LogP contribution in [0.4, 0.5) is 0 Å². The van der Waals surface area contributed by atoms with Gasteiger partial charge in [-0.05, 0) is 33.6 Å². The molecule has 116 valence electrons. The van der Waals surface area contributed by atoms with Crippen molar-refractivity contribution in [2.45, 2.75) is 39.7 Å². The summed E-state index contributed by atoms with van der Waals surface area (Å²) in [4.78, 5) is 24.8. The van der Waals surface area contributed by atoms with E-state index >= 15 is 0 Å². The molecule has 1 aromatic rings. The van der Waals surface area contributed by atoms with Gasteiger partial charge in [0.05, 0.1) is 11.7 Å². The van der Waals surface area contributed by atoms with Gasteiger partial charge >= 0.3 is 5.97 Å². The second-order valence-corrected chi connectivity index (χ2v) is 5.41. The number of nitrogens with zero attached hydrogens (tertiary/aromatic N) is 1. The van der Waals surface area contributed by atoms with Gasteiger partial charge in [-0.3, -0.25) is 4.79 Å². The van der Waals surface area contributed by atoms with Crippen LogP contribution in [0.25, 0.3) is 0 Å². The van der Waals surface area contributed by atoms with E-state index in [9.17, 15) is 9.59 Å². The molecule has 0 saturated carbocycles. The third-order valence-electron chi connectivity index (χ3n) is 3.95. The van der Waals surface area contributed by atoms with E-state index in [2.05, 4.69) is 0 Å². The van der Waals surface area contributed by atoms with Crippen LogP contribution in [-0.4, -0.2) is 47.7 Å². The minimum atomic E-state index is -0.964. The number of furan rings is 1. The monoisotopic (exact) mass is 295 g/mol. The minimum Gasteiger partial charge on any atom is -0.480 e. The van der Waals surface area contributed by atoms with Crippen LogP contribution in [0.2, 0.25) is 0 Å². The molecule has 6 nitrogen and oxygen atoms in total. The summed E-state index contributed by atoms with van der Waals surface area (Å²) >= 11 is 0. The number of rotatable bonds is 4. The summed E-state index contributed by atoms with van der Waals surface area (Å²) in [6, 6.07) is 0. The number of likely N-dealkylation sites (tertiary alicyclic amines) is 1. The summed E-state index contributed by atoms with van der Waals surface area (Å²) in [6.45, 7) is 6.42. The molecule has 21 heavy (non-hydrogen) atoms. The largest absolute Gasteiger partial charge is 0.480 e. The number of aliphatic carboxylic acids is 1. The number of carboxylic acids is 1. The maximum Gasteiger partial charge on any atom is 0.329 e. The summed E-state index contributed by atoms with van der Waals surface area (Å²) in [5.74, 6) is 0.446. The van der Waals surface area contributed by atoms with Gasteiger partial charge in [0.2, 0.25) is 0 Å². The van der Waals surface area contributed by atoms with Crippen LogP contribution in [-0.2, 0) is 9.53 Å². The minimum absolute atomic E-state index is 0.0152. The molecule has 1 fully saturated rings. The summed E-state index contributed by atoms with van der Waals surface area (Å²) in [5.41, 5.74) is 1.54. The Balaban J connectivity index is 1.96. The van der Waals surface area contributed by atoms with Crippen LogP contribution in [0, 0.1) is 20.8 Å². The van der Waals surface area contributed by atoms with Gasteiger partial charge in [0, 0.05) is 18.7 Å². The normalized spacial score (nSPS) is 16.2. The zero-order chi connectivity index (χ0) is 15.6. The highest BCUT2D eigenvalue weighted by Gasteiger charge is 2.28. The van der Waals surface area contributed by atoms with E-state index in [4.69, 9.17) is 14.3 Å². The van der Waals surface area contributed by atoms with Crippen molar-refractivity contribution in [1.82, 2.24) is 4.90 Å². The van der Waals surface area contributed by atoms with E-state index in [0.29, 0.717) is 37.3 Å². The highest BCUT2D eigenvalue weighted by Crippen LogP contribution is 2.24. The Bertz CT molecular complexity index is 541. The molecule has 1 saturated heterocycles. The number of amides is 1. The fourth-order valence-corrected chi connectivity index (χ4v) is 2.68. The van der Waals surface area contributed by atoms with E-state index in [1.54, 1.807) is 11.8 Å². The van der Waals surface area contributed by atoms with Crippen molar-refractivity contribution in [3.8, 4) is 0 Å². The molecule has 1 aliphatic heterocycles. The molecule has 6 heteroatoms. The molecule has 2 heterocycles. The van der Waals surface area contributed by atoms with E-state index < -0.39 is 5.97 Å². The van der Waals surface area contributed by atoms with Crippen molar-refractivity contribution in [3.63, 3.8) is 0 Å². The number of piperidine rings is 1. The van der Waals surface area contributed by atoms with Crippen LogP contribution in [0.3, 0.4) is 0 Å². The third kappa shape index (κ3) is 3.44. The number of carbonyl (C=O) groups is 2. The summed E-state index contributed by atoms with van der Waals surface area (Å²) in [7, 11) is 0. The Labute approximate surface area is 123 Å². The molecule has 1 amide bonds. The summed E-state index contributed by atoms with van der Waals surface area (Å²) in [5, 5.41) is 8.60. The van der Waals surface area contributed by atoms with Crippen LogP contribution in [0.5, 0.6) is 0 Å². The van der Waals surface area contributed by atoms with Gasteiger partial charge in [-0.25, -0.2) is 4.79 Å². The Morgan fingerprint density at radius 1 is 1.24 bits per heavy atom. The first-order valence-corrected chi connectivity index (χ1v) is 7.09. The average molecular weight is 295 g/mol. The summed E-state index contributed by atoms with van der Waals surface area (Å²) < 4.78 is 10.8. The molecule has 0 spiro atoms. The van der Waals surface area contributed by atoms with Crippen LogP contribution in [0.1, 0.15) is 40.3 Å². The van der Waals surface area contributed by atoms with E-state index in [1.807, 2.05) is 13.8 Å². The second kappa shape index (κ2) is 6.30. The predicted octanol–water partition coefficient (Wildman–Crippen LogP) is 1.91. The highest BCUT2D eigenvalue weighted by atomic mass is 16.5. The van der Waals surface area contributed by atoms with Crippen LogP contribution >= 0.6 is 0 Å². The number of aryl methyl sites for hydroxylation is 2. The number of carbonyl (C=O) groups excluding carboxylic acids is 1. The lowest BCUT2D eigenvalue weighted by molar-refractivity contribution is -0.145. The molecule has 1 aromatic heterocycles. The predicted molar refractivity (Wildman–Crippen MR) is 75.4 cm³/mol. The van der Waals surface area contributed by atoms with E-state index in [-0.39, 0.29) is 18.6 Å². The topological polar surface area (TPSA) is 80.0 Å². The van der Waals surface area contributed by atoms with Gasteiger partial charge in [0.25, 0.3) is 5.91 Å². The number of hydrogen-bond donors (Lipinski definition) is 1. The van der Waals surface area contributed by atoms with Crippen molar-refractivity contribution < 1.29 is 23.8 Å². The fraction of sp³-hybridized carbons (Fsp3) is 0.600. The van der Waals surface area contributed by atoms with Gasteiger partial charge in [-0.15, -0.1) is 0 Å². The molecule has 0 atom stereocenters. The quantitative estimate of drug-likeness (QED) is 0.917. The lowest BCUT2D eigenvalue weighted by Gasteiger charge is -2.31. The van der Waals surface area contributed by atoms with E-state index in [1.165, 1.54) is 0 Å². The van der Waals surface area contributed by atoms with Crippen LogP contribution < -0.4 is 0 Å². The second-order valence-electron chi connectivity index (χ2n) is 5.41. The SMILES string of the molecule is Cc1oc(C)c(C(=O)N2CCC(OCC(=O)O)CC2)c1C. The highest BCUT2D eigenvalue weighted by molar-refractivity contribution is 5.96.